The molecule has 0 aliphatic heterocycles. The van der Waals surface area contributed by atoms with Gasteiger partial charge in [0, 0.05) is 18.9 Å². The summed E-state index contributed by atoms with van der Waals surface area (Å²) in [6, 6.07) is 16.5. The molecule has 0 fully saturated rings. The van der Waals surface area contributed by atoms with Gasteiger partial charge in [-0.25, -0.2) is 0 Å². The van der Waals surface area contributed by atoms with E-state index in [1.54, 1.807) is 19.1 Å². The molecule has 2 aromatic carbocycles. The molecule has 0 aromatic heterocycles. The van der Waals surface area contributed by atoms with Crippen LogP contribution in [0.3, 0.4) is 0 Å². The summed E-state index contributed by atoms with van der Waals surface area (Å²) in [6.07, 6.45) is 5.64. The molecule has 8 heteroatoms. The number of nitrogens with one attached hydrogen (secondary N) is 2. The minimum atomic E-state index is -0.650. The molecule has 0 saturated heterocycles. The van der Waals surface area contributed by atoms with Gasteiger partial charge in [0.1, 0.15) is 19.0 Å². The fourth-order valence-electron chi connectivity index (χ4n) is 3.96. The summed E-state index contributed by atoms with van der Waals surface area (Å²) in [5, 5.41) is 14.8. The van der Waals surface area contributed by atoms with Gasteiger partial charge in [-0.2, -0.15) is 0 Å². The number of unbranched alkanes of at least 4 members (excludes halogenated alkanes) is 1. The van der Waals surface area contributed by atoms with Gasteiger partial charge in [-0.3, -0.25) is 14.4 Å². The number of esters is 1. The number of hydrogen-bond donors (Lipinski definition) is 3. The summed E-state index contributed by atoms with van der Waals surface area (Å²) < 4.78 is 11.3. The SMILES string of the molecule is C=CCCCC(=O)OC[C@H](Cc1ccc(OCc2ccccc2)cc1)NC(=O)[C@H](CC=C)CC(=O)N[C@H](C)CO. The number of rotatable bonds is 19. The second-order valence-electron chi connectivity index (χ2n) is 9.77. The molecule has 216 valence electrons. The maximum Gasteiger partial charge on any atom is 0.305 e. The molecule has 40 heavy (non-hydrogen) atoms. The zero-order valence-corrected chi connectivity index (χ0v) is 23.3. The van der Waals surface area contributed by atoms with E-state index in [1.807, 2.05) is 54.6 Å². The van der Waals surface area contributed by atoms with Gasteiger partial charge in [0.15, 0.2) is 0 Å². The Kier molecular flexibility index (Phi) is 14.9. The highest BCUT2D eigenvalue weighted by Crippen LogP contribution is 2.17. The topological polar surface area (TPSA) is 114 Å². The maximum atomic E-state index is 13.2. The van der Waals surface area contributed by atoms with Gasteiger partial charge in [0.25, 0.3) is 0 Å². The van der Waals surface area contributed by atoms with E-state index in [9.17, 15) is 19.5 Å². The lowest BCUT2D eigenvalue weighted by Gasteiger charge is -2.23. The Morgan fingerprint density at radius 1 is 0.975 bits per heavy atom. The molecule has 0 spiro atoms. The predicted molar refractivity (Wildman–Crippen MR) is 155 cm³/mol. The van der Waals surface area contributed by atoms with Crippen molar-refractivity contribution >= 4 is 17.8 Å². The van der Waals surface area contributed by atoms with Crippen LogP contribution in [-0.2, 0) is 32.1 Å². The van der Waals surface area contributed by atoms with Crippen LogP contribution < -0.4 is 15.4 Å². The Labute approximate surface area is 237 Å². The van der Waals surface area contributed by atoms with Crippen LogP contribution in [-0.4, -0.2) is 48.2 Å². The molecule has 2 aromatic rings. The molecule has 3 atom stereocenters. The number of carbonyl (C=O) groups excluding carboxylic acids is 3. The third-order valence-electron chi connectivity index (χ3n) is 6.17. The zero-order chi connectivity index (χ0) is 29.2. The average Bonchev–Trinajstić information content (AvgIpc) is 2.95. The number of ether oxygens (including phenoxy) is 2. The third-order valence-corrected chi connectivity index (χ3v) is 6.17. The van der Waals surface area contributed by atoms with Crippen molar-refractivity contribution in [1.29, 1.82) is 0 Å². The molecule has 0 radical (unpaired) electrons. The molecule has 0 aliphatic carbocycles. The van der Waals surface area contributed by atoms with Crippen molar-refractivity contribution in [2.45, 2.75) is 64.1 Å². The van der Waals surface area contributed by atoms with Crippen molar-refractivity contribution in [2.75, 3.05) is 13.2 Å². The Morgan fingerprint density at radius 3 is 2.35 bits per heavy atom. The van der Waals surface area contributed by atoms with Gasteiger partial charge < -0.3 is 25.2 Å². The Hall–Kier alpha value is -3.91. The number of hydrogen-bond acceptors (Lipinski definition) is 6. The van der Waals surface area contributed by atoms with E-state index >= 15 is 0 Å². The summed E-state index contributed by atoms with van der Waals surface area (Å²) in [5.41, 5.74) is 1.99. The summed E-state index contributed by atoms with van der Waals surface area (Å²) >= 11 is 0. The predicted octanol–water partition coefficient (Wildman–Crippen LogP) is 4.27. The lowest BCUT2D eigenvalue weighted by atomic mass is 9.98. The first-order valence-electron chi connectivity index (χ1n) is 13.7. The van der Waals surface area contributed by atoms with Crippen LogP contribution in [0.2, 0.25) is 0 Å². The van der Waals surface area contributed by atoms with E-state index in [-0.39, 0.29) is 43.8 Å². The molecule has 0 aliphatic rings. The maximum absolute atomic E-state index is 13.2. The van der Waals surface area contributed by atoms with Crippen LogP contribution in [0.4, 0.5) is 0 Å². The first kappa shape index (κ1) is 32.3. The van der Waals surface area contributed by atoms with Crippen LogP contribution >= 0.6 is 0 Å². The van der Waals surface area contributed by atoms with Crippen molar-refractivity contribution in [2.24, 2.45) is 5.92 Å². The van der Waals surface area contributed by atoms with Gasteiger partial charge in [-0.15, -0.1) is 13.2 Å². The summed E-state index contributed by atoms with van der Waals surface area (Å²) in [4.78, 5) is 37.8. The molecule has 0 heterocycles. The number of carbonyl (C=O) groups is 3. The molecule has 0 unspecified atom stereocenters. The van der Waals surface area contributed by atoms with Crippen LogP contribution in [0.25, 0.3) is 0 Å². The largest absolute Gasteiger partial charge is 0.489 e. The quantitative estimate of drug-likeness (QED) is 0.137. The molecule has 2 amide bonds. The highest BCUT2D eigenvalue weighted by atomic mass is 16.5. The van der Waals surface area contributed by atoms with Crippen molar-refractivity contribution in [3.05, 3.63) is 91.0 Å². The first-order valence-corrected chi connectivity index (χ1v) is 13.7. The van der Waals surface area contributed by atoms with E-state index < -0.39 is 18.0 Å². The second kappa shape index (κ2) is 18.4. The molecular weight excluding hydrogens is 508 g/mol. The van der Waals surface area contributed by atoms with Crippen LogP contribution in [0.1, 0.15) is 50.2 Å². The van der Waals surface area contributed by atoms with E-state index in [1.165, 1.54) is 0 Å². The van der Waals surface area contributed by atoms with Gasteiger partial charge in [0.2, 0.25) is 11.8 Å². The van der Waals surface area contributed by atoms with E-state index in [0.717, 1.165) is 16.9 Å². The van der Waals surface area contributed by atoms with Crippen molar-refractivity contribution in [1.82, 2.24) is 10.6 Å². The van der Waals surface area contributed by atoms with Crippen LogP contribution in [0.5, 0.6) is 5.75 Å². The average molecular weight is 551 g/mol. The first-order chi connectivity index (χ1) is 19.3. The summed E-state index contributed by atoms with van der Waals surface area (Å²) in [5.74, 6) is -0.938. The lowest BCUT2D eigenvalue weighted by molar-refractivity contribution is -0.145. The molecule has 2 rings (SSSR count). The number of allylic oxidation sites excluding steroid dienone is 2. The van der Waals surface area contributed by atoms with Crippen LogP contribution in [0, 0.1) is 5.92 Å². The molecule has 3 N–H and O–H groups in total. The van der Waals surface area contributed by atoms with Gasteiger partial charge in [0.05, 0.1) is 18.6 Å². The summed E-state index contributed by atoms with van der Waals surface area (Å²) in [6.45, 7) is 9.31. The second-order valence-corrected chi connectivity index (χ2v) is 9.77. The molecular formula is C32H42N2O6. The van der Waals surface area contributed by atoms with Crippen molar-refractivity contribution in [3.8, 4) is 5.75 Å². The van der Waals surface area contributed by atoms with Gasteiger partial charge in [-0.1, -0.05) is 54.6 Å². The number of benzene rings is 2. The van der Waals surface area contributed by atoms with Crippen LogP contribution in [0.15, 0.2) is 79.9 Å². The molecule has 8 nitrogen and oxygen atoms in total. The lowest BCUT2D eigenvalue weighted by Crippen LogP contribution is -2.45. The molecule has 0 bridgehead atoms. The van der Waals surface area contributed by atoms with Gasteiger partial charge >= 0.3 is 5.97 Å². The van der Waals surface area contributed by atoms with E-state index in [2.05, 4.69) is 23.8 Å². The third kappa shape index (κ3) is 12.8. The minimum absolute atomic E-state index is 0.000522. The van der Waals surface area contributed by atoms with Gasteiger partial charge in [-0.05, 0) is 55.9 Å². The Balaban J connectivity index is 2.05. The highest BCUT2D eigenvalue weighted by molar-refractivity contribution is 5.86. The normalized spacial score (nSPS) is 12.8. The van der Waals surface area contributed by atoms with Crippen molar-refractivity contribution in [3.63, 3.8) is 0 Å². The summed E-state index contributed by atoms with van der Waals surface area (Å²) in [7, 11) is 0. The number of aliphatic hydroxyl groups excluding tert-OH is 1. The monoisotopic (exact) mass is 550 g/mol. The Morgan fingerprint density at radius 2 is 1.70 bits per heavy atom. The standard InChI is InChI=1S/C32H42N2O6/c1-4-6-8-14-31(37)40-23-28(34-32(38)27(11-5-2)20-30(36)33-24(3)21-35)19-25-15-17-29(18-16-25)39-22-26-12-9-7-10-13-26/h4-5,7,9-10,12-13,15-18,24,27-28,35H,1-2,6,8,11,14,19-23H2,3H3,(H,33,36)(H,34,38)/t24-,27-,28+/m1/s1. The number of aliphatic hydroxyl groups is 1. The molecule has 0 saturated carbocycles. The number of amides is 2. The minimum Gasteiger partial charge on any atom is -0.489 e. The smallest absolute Gasteiger partial charge is 0.305 e. The Bertz CT molecular complexity index is 1070. The van der Waals surface area contributed by atoms with Crippen molar-refractivity contribution < 1.29 is 29.0 Å². The fourth-order valence-corrected chi connectivity index (χ4v) is 3.96. The van der Waals surface area contributed by atoms with E-state index in [4.69, 9.17) is 9.47 Å². The fraction of sp³-hybridized carbons (Fsp3) is 0.406. The zero-order valence-electron chi connectivity index (χ0n) is 23.3. The highest BCUT2D eigenvalue weighted by Gasteiger charge is 2.25. The van der Waals surface area contributed by atoms with E-state index in [0.29, 0.717) is 32.3 Å².